The molecular weight excluding hydrogens is 492 g/mol. The van der Waals surface area contributed by atoms with Crippen LogP contribution in [0.5, 0.6) is 0 Å². The van der Waals surface area contributed by atoms with Gasteiger partial charge in [0.05, 0.1) is 5.71 Å². The maximum atomic E-state index is 12.4. The van der Waals surface area contributed by atoms with Crippen LogP contribution in [0.2, 0.25) is 0 Å². The topological polar surface area (TPSA) is 147 Å². The summed E-state index contributed by atoms with van der Waals surface area (Å²) in [7, 11) is -5.43. The average Bonchev–Trinajstić information content (AvgIpc) is 2.96. The summed E-state index contributed by atoms with van der Waals surface area (Å²) in [5, 5.41) is 9.02. The molecule has 0 radical (unpaired) electrons. The molecule has 6 atom stereocenters. The van der Waals surface area contributed by atoms with E-state index >= 15 is 0 Å². The number of hydrogen-bond donors (Lipinski definition) is 0. The number of carboxylic acid groups (broad SMARTS) is 1. The van der Waals surface area contributed by atoms with Crippen molar-refractivity contribution in [3.8, 4) is 0 Å². The second-order valence-corrected chi connectivity index (χ2v) is 11.3. The molecule has 12 heteroatoms. The maximum absolute atomic E-state index is 12.4. The number of esters is 1. The van der Waals surface area contributed by atoms with E-state index in [9.17, 15) is 9.59 Å². The van der Waals surface area contributed by atoms with E-state index in [1.165, 1.54) is 18.9 Å². The van der Waals surface area contributed by atoms with Gasteiger partial charge in [-0.25, -0.2) is 0 Å². The Morgan fingerprint density at radius 2 is 1.56 bits per heavy atom. The summed E-state index contributed by atoms with van der Waals surface area (Å²) in [5.74, 6) is 2.33. The van der Waals surface area contributed by atoms with Crippen LogP contribution in [0.4, 0.5) is 4.79 Å². The standard InChI is InChI=1S/C21H30O3.CH3O5P.3Na/c1-13(22)24-15-8-10-20(2)14(12-15)4-5-16-17-6-7-19(23)21(17,3)11-9-18(16)20;2-1(3)7(4,5)6;;;/h4,15-18H,5-12H2,1-3H3;(H,2,3)(H2,4,5,6);;;/q;;3*+1/p-3. The summed E-state index contributed by atoms with van der Waals surface area (Å²) in [4.78, 5) is 51.1. The Kier molecular flexibility index (Phi) is 14.1. The van der Waals surface area contributed by atoms with Crippen molar-refractivity contribution in [2.24, 2.45) is 28.6 Å². The van der Waals surface area contributed by atoms with Gasteiger partial charge in [-0.15, -0.1) is 0 Å². The molecule has 34 heavy (non-hydrogen) atoms. The molecule has 0 N–H and O–H groups in total. The molecule has 4 aliphatic rings. The number of hydrogen-bond acceptors (Lipinski definition) is 8. The smallest absolute Gasteiger partial charge is 0.807 e. The fourth-order valence-electron chi connectivity index (χ4n) is 6.73. The molecule has 6 unspecified atom stereocenters. The average molecular weight is 522 g/mol. The quantitative estimate of drug-likeness (QED) is 0.151. The van der Waals surface area contributed by atoms with Crippen molar-refractivity contribution < 1.29 is 127 Å². The summed E-state index contributed by atoms with van der Waals surface area (Å²) < 4.78 is 14.6. The molecule has 0 aromatic carbocycles. The van der Waals surface area contributed by atoms with Crippen molar-refractivity contribution in [1.82, 2.24) is 0 Å². The Balaban J connectivity index is 0.000000964. The number of carbonyl (C=O) groups is 3. The van der Waals surface area contributed by atoms with E-state index in [1.54, 1.807) is 0 Å². The zero-order valence-corrected chi connectivity index (χ0v) is 28.2. The van der Waals surface area contributed by atoms with Crippen LogP contribution in [0.3, 0.4) is 0 Å². The number of ketones is 1. The third-order valence-corrected chi connectivity index (χ3v) is 8.77. The molecule has 3 fully saturated rings. The second kappa shape index (κ2) is 13.5. The predicted octanol–water partition coefficient (Wildman–Crippen LogP) is -7.29. The minimum Gasteiger partial charge on any atom is -0.807 e. The van der Waals surface area contributed by atoms with Crippen molar-refractivity contribution in [3.63, 3.8) is 0 Å². The number of Topliss-reactive ketones (excluding diaryl/α,β-unsaturated/α-hetero) is 1. The van der Waals surface area contributed by atoms with E-state index in [0.29, 0.717) is 23.5 Å². The molecule has 4 rings (SSSR count). The third-order valence-electron chi connectivity index (χ3n) is 8.32. The van der Waals surface area contributed by atoms with Gasteiger partial charge in [-0.1, -0.05) is 25.5 Å². The van der Waals surface area contributed by atoms with Gasteiger partial charge in [-0.3, -0.25) is 9.59 Å². The van der Waals surface area contributed by atoms with Crippen LogP contribution >= 0.6 is 7.60 Å². The van der Waals surface area contributed by atoms with Crippen LogP contribution in [-0.4, -0.2) is 23.6 Å². The molecule has 8 nitrogen and oxygen atoms in total. The Bertz CT molecular complexity index is 859. The van der Waals surface area contributed by atoms with E-state index < -0.39 is 13.3 Å². The minimum absolute atomic E-state index is 0. The molecular formula is C22H30Na3O8P. The molecule has 0 amide bonds. The summed E-state index contributed by atoms with van der Waals surface area (Å²) >= 11 is 0. The second-order valence-electron chi connectivity index (χ2n) is 9.91. The van der Waals surface area contributed by atoms with Crippen LogP contribution in [0.25, 0.3) is 0 Å². The van der Waals surface area contributed by atoms with Crippen LogP contribution in [-0.2, 0) is 18.9 Å². The van der Waals surface area contributed by atoms with Crippen molar-refractivity contribution in [2.75, 3.05) is 0 Å². The number of rotatable bonds is 2. The Morgan fingerprint density at radius 1 is 1.03 bits per heavy atom. The van der Waals surface area contributed by atoms with Gasteiger partial charge >= 0.3 is 94.6 Å². The molecule has 0 aromatic heterocycles. The molecule has 0 spiro atoms. The fourth-order valence-corrected chi connectivity index (χ4v) is 6.73. The SMILES string of the molecule is CC(=O)OC1CCC2(C)C(=CCC3C4CCC(=O)C4(C)CCC32)C1.O=C([O-])P(=O)([O-])[O-].[Na+].[Na+].[Na+]. The first-order chi connectivity index (χ1) is 14.3. The van der Waals surface area contributed by atoms with Crippen molar-refractivity contribution in [3.05, 3.63) is 11.6 Å². The van der Waals surface area contributed by atoms with Crippen LogP contribution in [0.1, 0.15) is 72.1 Å². The molecule has 0 aromatic rings. The first-order valence-electron chi connectivity index (χ1n) is 10.9. The first kappa shape index (κ1) is 35.5. The summed E-state index contributed by atoms with van der Waals surface area (Å²) in [6.07, 6.45) is 10.8. The monoisotopic (exact) mass is 522 g/mol. The van der Waals surface area contributed by atoms with Gasteiger partial charge in [0.2, 0.25) is 0 Å². The minimum atomic E-state index is -5.43. The largest absolute Gasteiger partial charge is 1.00 e. The normalized spacial score (nSPS) is 35.7. The van der Waals surface area contributed by atoms with Crippen molar-refractivity contribution in [1.29, 1.82) is 0 Å². The Morgan fingerprint density at radius 3 is 2.09 bits per heavy atom. The molecule has 0 bridgehead atoms. The molecule has 3 saturated carbocycles. The van der Waals surface area contributed by atoms with Crippen molar-refractivity contribution in [2.45, 2.75) is 78.2 Å². The summed E-state index contributed by atoms with van der Waals surface area (Å²) in [5.41, 5.74) is -0.827. The van der Waals surface area contributed by atoms with Gasteiger partial charge in [0, 0.05) is 25.2 Å². The first-order valence-corrected chi connectivity index (χ1v) is 12.5. The Labute approximate surface area is 267 Å². The third kappa shape index (κ3) is 7.33. The number of fused-ring (bicyclic) bond motifs is 5. The van der Waals surface area contributed by atoms with Crippen LogP contribution in [0.15, 0.2) is 11.6 Å². The van der Waals surface area contributed by atoms with E-state index in [2.05, 4.69) is 19.9 Å². The van der Waals surface area contributed by atoms with Gasteiger partial charge in [0.25, 0.3) is 0 Å². The van der Waals surface area contributed by atoms with Crippen LogP contribution in [0, 0.1) is 28.6 Å². The van der Waals surface area contributed by atoms with E-state index in [1.807, 2.05) is 0 Å². The van der Waals surface area contributed by atoms with Gasteiger partial charge in [0.15, 0.2) is 0 Å². The van der Waals surface area contributed by atoms with E-state index in [0.717, 1.165) is 44.9 Å². The Hall–Kier alpha value is 1.50. The van der Waals surface area contributed by atoms with Crippen LogP contribution < -0.4 is 104 Å². The predicted molar refractivity (Wildman–Crippen MR) is 105 cm³/mol. The number of ether oxygens (including phenoxy) is 1. The molecule has 0 saturated heterocycles. The zero-order valence-electron chi connectivity index (χ0n) is 21.3. The number of carbonyl (C=O) groups excluding carboxylic acids is 3. The zero-order chi connectivity index (χ0) is 23.2. The van der Waals surface area contributed by atoms with Gasteiger partial charge in [-0.05, 0) is 69.3 Å². The van der Waals surface area contributed by atoms with Crippen molar-refractivity contribution >= 4 is 25.1 Å². The van der Waals surface area contributed by atoms with Gasteiger partial charge < -0.3 is 29.0 Å². The molecule has 4 aliphatic carbocycles. The molecule has 0 heterocycles. The molecule has 0 aliphatic heterocycles. The van der Waals surface area contributed by atoms with Gasteiger partial charge in [-0.2, -0.15) is 0 Å². The summed E-state index contributed by atoms with van der Waals surface area (Å²) in [6, 6.07) is 0. The molecule has 174 valence electrons. The fraction of sp³-hybridized carbons (Fsp3) is 0.773. The summed E-state index contributed by atoms with van der Waals surface area (Å²) in [6.45, 7) is 6.19. The maximum Gasteiger partial charge on any atom is 1.00 e. The number of allylic oxidation sites excluding steroid dienone is 1. The van der Waals surface area contributed by atoms with E-state index in [-0.39, 0.29) is 112 Å². The van der Waals surface area contributed by atoms with E-state index in [4.69, 9.17) is 29.0 Å². The van der Waals surface area contributed by atoms with Gasteiger partial charge in [0.1, 0.15) is 11.9 Å².